The van der Waals surface area contributed by atoms with Crippen LogP contribution in [0.2, 0.25) is 0 Å². The van der Waals surface area contributed by atoms with Gasteiger partial charge in [0, 0.05) is 30.6 Å². The van der Waals surface area contributed by atoms with Crippen molar-refractivity contribution in [2.45, 2.75) is 13.0 Å². The highest BCUT2D eigenvalue weighted by atomic mass is 16.6. The van der Waals surface area contributed by atoms with Crippen molar-refractivity contribution in [2.75, 3.05) is 11.4 Å². The van der Waals surface area contributed by atoms with Crippen molar-refractivity contribution >= 4 is 22.8 Å². The minimum Gasteiger partial charge on any atom is -0.310 e. The molecule has 1 aliphatic heterocycles. The first-order valence-corrected chi connectivity index (χ1v) is 7.65. The molecule has 0 aliphatic carbocycles. The Morgan fingerprint density at radius 3 is 2.96 bits per heavy atom. The zero-order valence-corrected chi connectivity index (χ0v) is 13.0. The number of nitro benzene ring substituents is 1. The smallest absolute Gasteiger partial charge is 0.291 e. The van der Waals surface area contributed by atoms with Crippen LogP contribution in [0.3, 0.4) is 0 Å². The largest absolute Gasteiger partial charge is 0.310 e. The Morgan fingerprint density at radius 1 is 1.32 bits per heavy atom. The number of hydrogen-bond donors (Lipinski definition) is 0. The maximum Gasteiger partial charge on any atom is 0.291 e. The van der Waals surface area contributed by atoms with Crippen molar-refractivity contribution in [3.63, 3.8) is 0 Å². The van der Waals surface area contributed by atoms with Crippen LogP contribution in [0.4, 0.5) is 11.4 Å². The van der Waals surface area contributed by atoms with Crippen LogP contribution in [0.5, 0.6) is 0 Å². The molecule has 0 atom stereocenters. The molecule has 0 radical (unpaired) electrons. The molecular weight excluding hydrogens is 326 g/mol. The number of fused-ring (bicyclic) bond motifs is 2. The molecule has 0 fully saturated rings. The van der Waals surface area contributed by atoms with E-state index in [1.54, 1.807) is 28.8 Å². The summed E-state index contributed by atoms with van der Waals surface area (Å²) in [4.78, 5) is 36.9. The Labute approximate surface area is 140 Å². The lowest BCUT2D eigenvalue weighted by molar-refractivity contribution is -0.384. The molecule has 0 saturated carbocycles. The van der Waals surface area contributed by atoms with Gasteiger partial charge in [0.05, 0.1) is 4.92 Å². The van der Waals surface area contributed by atoms with E-state index in [1.165, 1.54) is 23.4 Å². The van der Waals surface area contributed by atoms with Gasteiger partial charge < -0.3 is 9.30 Å². The predicted octanol–water partition coefficient (Wildman–Crippen LogP) is 0.993. The summed E-state index contributed by atoms with van der Waals surface area (Å²) < 4.78 is 2.72. The van der Waals surface area contributed by atoms with E-state index in [2.05, 4.69) is 5.10 Å². The van der Waals surface area contributed by atoms with Gasteiger partial charge in [-0.25, -0.2) is 4.68 Å². The number of amides is 1. The van der Waals surface area contributed by atoms with Gasteiger partial charge in [0.2, 0.25) is 5.91 Å². The molecule has 9 heteroatoms. The molecule has 1 amide bonds. The molecule has 0 unspecified atom stereocenters. The first-order valence-electron chi connectivity index (χ1n) is 7.65. The fourth-order valence-corrected chi connectivity index (χ4v) is 3.07. The number of non-ortho nitro benzene ring substituents is 1. The van der Waals surface area contributed by atoms with Crippen molar-refractivity contribution in [3.8, 4) is 0 Å². The number of carbonyl (C=O) groups is 1. The van der Waals surface area contributed by atoms with E-state index in [-0.39, 0.29) is 23.7 Å². The maximum atomic E-state index is 12.6. The lowest BCUT2D eigenvalue weighted by Gasteiger charge is -2.17. The Bertz CT molecular complexity index is 1070. The molecule has 4 rings (SSSR count). The summed E-state index contributed by atoms with van der Waals surface area (Å²) in [5.74, 6) is -0.280. The molecule has 3 aromatic rings. The summed E-state index contributed by atoms with van der Waals surface area (Å²) in [6, 6.07) is 7.83. The van der Waals surface area contributed by atoms with Crippen LogP contribution >= 0.6 is 0 Å². The van der Waals surface area contributed by atoms with Gasteiger partial charge >= 0.3 is 0 Å². The summed E-state index contributed by atoms with van der Waals surface area (Å²) in [6.45, 7) is 0.244. The second kappa shape index (κ2) is 5.55. The number of nitrogens with zero attached hydrogens (tertiary/aromatic N) is 5. The lowest BCUT2D eigenvalue weighted by atomic mass is 10.1. The maximum absolute atomic E-state index is 12.6. The number of nitro groups is 1. The highest BCUT2D eigenvalue weighted by Gasteiger charge is 2.27. The Balaban J connectivity index is 1.61. The fourth-order valence-electron chi connectivity index (χ4n) is 3.07. The molecule has 2 aromatic heterocycles. The third-order valence-electron chi connectivity index (χ3n) is 4.30. The molecule has 126 valence electrons. The number of benzene rings is 1. The molecule has 0 N–H and O–H groups in total. The molecule has 1 aliphatic rings. The first-order chi connectivity index (χ1) is 12.0. The van der Waals surface area contributed by atoms with E-state index >= 15 is 0 Å². The standard InChI is InChI=1S/C16H13N5O4/c22-15(9-20-16(23)14-2-1-6-18(14)10-17-20)19-7-5-11-8-12(21(24)25)3-4-13(11)19/h1-4,6,8,10H,5,7,9H2. The molecule has 25 heavy (non-hydrogen) atoms. The van der Waals surface area contributed by atoms with Gasteiger partial charge in [-0.3, -0.25) is 19.7 Å². The van der Waals surface area contributed by atoms with Crippen LogP contribution in [0.25, 0.3) is 5.52 Å². The van der Waals surface area contributed by atoms with Crippen molar-refractivity contribution in [2.24, 2.45) is 0 Å². The summed E-state index contributed by atoms with van der Waals surface area (Å²) >= 11 is 0. The van der Waals surface area contributed by atoms with Gasteiger partial charge in [0.1, 0.15) is 18.4 Å². The van der Waals surface area contributed by atoms with Crippen molar-refractivity contribution < 1.29 is 9.72 Å². The van der Waals surface area contributed by atoms with E-state index in [4.69, 9.17) is 0 Å². The van der Waals surface area contributed by atoms with Crippen molar-refractivity contribution in [3.05, 3.63) is 68.9 Å². The molecule has 0 spiro atoms. The zero-order chi connectivity index (χ0) is 17.6. The fraction of sp³-hybridized carbons (Fsp3) is 0.188. The average molecular weight is 339 g/mol. The van der Waals surface area contributed by atoms with Gasteiger partial charge in [-0.1, -0.05) is 0 Å². The summed E-state index contributed by atoms with van der Waals surface area (Å²) in [5.41, 5.74) is 1.51. The van der Waals surface area contributed by atoms with Crippen LogP contribution in [0.15, 0.2) is 47.7 Å². The van der Waals surface area contributed by atoms with E-state index in [1.807, 2.05) is 0 Å². The van der Waals surface area contributed by atoms with Crippen LogP contribution in [0.1, 0.15) is 5.56 Å². The van der Waals surface area contributed by atoms with Gasteiger partial charge in [-0.2, -0.15) is 5.10 Å². The van der Waals surface area contributed by atoms with Gasteiger partial charge in [-0.15, -0.1) is 0 Å². The van der Waals surface area contributed by atoms with Gasteiger partial charge in [0.15, 0.2) is 0 Å². The Kier molecular flexibility index (Phi) is 3.34. The molecule has 3 heterocycles. The first kappa shape index (κ1) is 15.1. The molecule has 0 saturated heterocycles. The highest BCUT2D eigenvalue weighted by Crippen LogP contribution is 2.31. The van der Waals surface area contributed by atoms with E-state index in [0.717, 1.165) is 10.2 Å². The number of carbonyl (C=O) groups excluding carboxylic acids is 1. The van der Waals surface area contributed by atoms with Gasteiger partial charge in [0.25, 0.3) is 11.2 Å². The van der Waals surface area contributed by atoms with Gasteiger partial charge in [-0.05, 0) is 30.2 Å². The average Bonchev–Trinajstić information content (AvgIpc) is 3.23. The predicted molar refractivity (Wildman–Crippen MR) is 88.6 cm³/mol. The SMILES string of the molecule is O=C(Cn1ncn2cccc2c1=O)N1CCc2cc([N+](=O)[O-])ccc21. The third kappa shape index (κ3) is 2.45. The summed E-state index contributed by atoms with van der Waals surface area (Å²) in [6.07, 6.45) is 3.73. The lowest BCUT2D eigenvalue weighted by Crippen LogP contribution is -2.36. The summed E-state index contributed by atoms with van der Waals surface area (Å²) in [5, 5.41) is 14.9. The van der Waals surface area contributed by atoms with E-state index < -0.39 is 4.92 Å². The monoisotopic (exact) mass is 339 g/mol. The second-order valence-electron chi connectivity index (χ2n) is 5.76. The molecule has 1 aromatic carbocycles. The van der Waals surface area contributed by atoms with E-state index in [0.29, 0.717) is 24.2 Å². The molecular formula is C16H13N5O4. The topological polar surface area (TPSA) is 103 Å². The number of hydrogen-bond acceptors (Lipinski definition) is 5. The quantitative estimate of drug-likeness (QED) is 0.523. The minimum absolute atomic E-state index is 0.00428. The molecule has 0 bridgehead atoms. The second-order valence-corrected chi connectivity index (χ2v) is 5.76. The van der Waals surface area contributed by atoms with Crippen LogP contribution in [0, 0.1) is 10.1 Å². The Hall–Kier alpha value is -3.49. The van der Waals surface area contributed by atoms with Crippen molar-refractivity contribution in [1.82, 2.24) is 14.2 Å². The third-order valence-corrected chi connectivity index (χ3v) is 4.30. The number of rotatable bonds is 3. The van der Waals surface area contributed by atoms with E-state index in [9.17, 15) is 19.7 Å². The van der Waals surface area contributed by atoms with Crippen LogP contribution < -0.4 is 10.5 Å². The zero-order valence-electron chi connectivity index (χ0n) is 13.0. The van der Waals surface area contributed by atoms with Crippen molar-refractivity contribution in [1.29, 1.82) is 0 Å². The van der Waals surface area contributed by atoms with Crippen LogP contribution in [-0.2, 0) is 17.8 Å². The Morgan fingerprint density at radius 2 is 2.16 bits per heavy atom. The normalized spacial score (nSPS) is 13.2. The summed E-state index contributed by atoms with van der Waals surface area (Å²) in [7, 11) is 0. The molecule has 9 nitrogen and oxygen atoms in total. The highest BCUT2D eigenvalue weighted by molar-refractivity contribution is 5.95. The number of anilines is 1. The minimum atomic E-state index is -0.457. The van der Waals surface area contributed by atoms with Crippen LogP contribution in [-0.4, -0.2) is 31.6 Å². The number of aromatic nitrogens is 3.